The molecule has 0 aliphatic carbocycles. The second-order valence-electron chi connectivity index (χ2n) is 7.20. The lowest BCUT2D eigenvalue weighted by atomic mass is 10.1. The number of rotatable bonds is 9. The van der Waals surface area contributed by atoms with Gasteiger partial charge in [0.25, 0.3) is 5.91 Å². The molecule has 156 valence electrons. The van der Waals surface area contributed by atoms with Gasteiger partial charge in [-0.15, -0.1) is 0 Å². The number of aryl methyl sites for hydroxylation is 1. The van der Waals surface area contributed by atoms with E-state index in [1.807, 2.05) is 69.3 Å². The first-order valence-corrected chi connectivity index (χ1v) is 10.6. The van der Waals surface area contributed by atoms with Crippen molar-refractivity contribution in [3.63, 3.8) is 0 Å². The van der Waals surface area contributed by atoms with Crippen LogP contribution in [0.3, 0.4) is 0 Å². The maximum Gasteiger partial charge on any atom is 0.261 e. The Hall–Kier alpha value is -2.34. The molecule has 2 amide bonds. The lowest BCUT2D eigenvalue weighted by Gasteiger charge is -2.29. The van der Waals surface area contributed by atoms with Gasteiger partial charge in [0.05, 0.1) is 0 Å². The lowest BCUT2D eigenvalue weighted by molar-refractivity contribution is -0.142. The van der Waals surface area contributed by atoms with Crippen LogP contribution in [-0.4, -0.2) is 35.4 Å². The molecule has 6 heteroatoms. The first-order valence-electron chi connectivity index (χ1n) is 9.84. The molecule has 2 rings (SSSR count). The number of carbonyl (C=O) groups is 2. The molecule has 0 fully saturated rings. The monoisotopic (exact) mass is 460 g/mol. The average molecular weight is 461 g/mol. The molecule has 0 saturated heterocycles. The van der Waals surface area contributed by atoms with Crippen molar-refractivity contribution in [2.24, 2.45) is 0 Å². The van der Waals surface area contributed by atoms with Crippen LogP contribution < -0.4 is 10.1 Å². The standard InChI is InChI=1S/C23H29BrN2O3/c1-5-17(3)25-23(28)18(4)26(14-19-10-8-11-20(24)13-19)22(27)15-29-21-12-7-6-9-16(21)2/h6-13,17-18H,5,14-15H2,1-4H3,(H,25,28)/t17-,18-/m0/s1. The molecule has 0 unspecified atom stereocenters. The van der Waals surface area contributed by atoms with Crippen LogP contribution in [0, 0.1) is 6.92 Å². The van der Waals surface area contributed by atoms with Crippen LogP contribution in [0.5, 0.6) is 5.75 Å². The second kappa shape index (κ2) is 11.0. The summed E-state index contributed by atoms with van der Waals surface area (Å²) in [6.45, 7) is 7.84. The molecule has 2 atom stereocenters. The summed E-state index contributed by atoms with van der Waals surface area (Å²) in [5.41, 5.74) is 1.90. The van der Waals surface area contributed by atoms with Crippen LogP contribution in [0.15, 0.2) is 53.0 Å². The normalized spacial score (nSPS) is 12.7. The highest BCUT2D eigenvalue weighted by atomic mass is 79.9. The van der Waals surface area contributed by atoms with E-state index in [0.29, 0.717) is 12.3 Å². The summed E-state index contributed by atoms with van der Waals surface area (Å²) in [7, 11) is 0. The minimum Gasteiger partial charge on any atom is -0.484 e. The van der Waals surface area contributed by atoms with E-state index in [4.69, 9.17) is 4.74 Å². The fraction of sp³-hybridized carbons (Fsp3) is 0.391. The fourth-order valence-corrected chi connectivity index (χ4v) is 3.27. The fourth-order valence-electron chi connectivity index (χ4n) is 2.82. The molecule has 0 radical (unpaired) electrons. The van der Waals surface area contributed by atoms with Crippen LogP contribution in [0.1, 0.15) is 38.3 Å². The van der Waals surface area contributed by atoms with Gasteiger partial charge in [0, 0.05) is 17.1 Å². The van der Waals surface area contributed by atoms with E-state index >= 15 is 0 Å². The summed E-state index contributed by atoms with van der Waals surface area (Å²) in [6, 6.07) is 14.7. The van der Waals surface area contributed by atoms with Gasteiger partial charge in [0.1, 0.15) is 11.8 Å². The number of para-hydroxylation sites is 1. The van der Waals surface area contributed by atoms with E-state index in [1.165, 1.54) is 0 Å². The molecule has 5 nitrogen and oxygen atoms in total. The van der Waals surface area contributed by atoms with Crippen LogP contribution in [0.2, 0.25) is 0 Å². The van der Waals surface area contributed by atoms with E-state index in [-0.39, 0.29) is 24.5 Å². The Morgan fingerprint density at radius 3 is 2.52 bits per heavy atom. The minimum absolute atomic E-state index is 0.0518. The number of ether oxygens (including phenoxy) is 1. The first kappa shape index (κ1) is 22.9. The molecule has 1 N–H and O–H groups in total. The van der Waals surface area contributed by atoms with Crippen molar-refractivity contribution >= 4 is 27.7 Å². The lowest BCUT2D eigenvalue weighted by Crippen LogP contribution is -2.50. The van der Waals surface area contributed by atoms with E-state index in [2.05, 4.69) is 21.2 Å². The number of amides is 2. The highest BCUT2D eigenvalue weighted by molar-refractivity contribution is 9.10. The summed E-state index contributed by atoms with van der Waals surface area (Å²) < 4.78 is 6.67. The van der Waals surface area contributed by atoms with Crippen molar-refractivity contribution in [1.29, 1.82) is 0 Å². The number of halogens is 1. The third-order valence-corrected chi connectivity index (χ3v) is 5.35. The Bertz CT molecular complexity index is 840. The van der Waals surface area contributed by atoms with Gasteiger partial charge in [-0.1, -0.05) is 53.2 Å². The Balaban J connectivity index is 2.17. The average Bonchev–Trinajstić information content (AvgIpc) is 2.70. The van der Waals surface area contributed by atoms with Gasteiger partial charge in [-0.25, -0.2) is 0 Å². The number of nitrogens with zero attached hydrogens (tertiary/aromatic N) is 1. The van der Waals surface area contributed by atoms with Gasteiger partial charge in [0.2, 0.25) is 5.91 Å². The number of benzene rings is 2. The van der Waals surface area contributed by atoms with Crippen molar-refractivity contribution < 1.29 is 14.3 Å². The molecule has 2 aromatic rings. The van der Waals surface area contributed by atoms with E-state index in [9.17, 15) is 9.59 Å². The summed E-state index contributed by atoms with van der Waals surface area (Å²) >= 11 is 3.46. The zero-order valence-electron chi connectivity index (χ0n) is 17.4. The zero-order chi connectivity index (χ0) is 21.4. The largest absolute Gasteiger partial charge is 0.484 e. The van der Waals surface area contributed by atoms with Gasteiger partial charge in [-0.05, 0) is 56.5 Å². The summed E-state index contributed by atoms with van der Waals surface area (Å²) in [5.74, 6) is 0.263. The van der Waals surface area contributed by atoms with Crippen LogP contribution >= 0.6 is 15.9 Å². The molecule has 0 saturated carbocycles. The van der Waals surface area contributed by atoms with Gasteiger partial charge in [-0.2, -0.15) is 0 Å². The van der Waals surface area contributed by atoms with Gasteiger partial charge in [0.15, 0.2) is 6.61 Å². The molecule has 0 aliphatic rings. The van der Waals surface area contributed by atoms with Crippen molar-refractivity contribution in [3.05, 3.63) is 64.1 Å². The molecular weight excluding hydrogens is 432 g/mol. The maximum absolute atomic E-state index is 13.0. The molecular formula is C23H29BrN2O3. The number of nitrogens with one attached hydrogen (secondary N) is 1. The second-order valence-corrected chi connectivity index (χ2v) is 8.12. The summed E-state index contributed by atoms with van der Waals surface area (Å²) in [4.78, 5) is 27.3. The first-order chi connectivity index (χ1) is 13.8. The molecule has 0 heterocycles. The van der Waals surface area contributed by atoms with E-state index < -0.39 is 6.04 Å². The Morgan fingerprint density at radius 2 is 1.86 bits per heavy atom. The van der Waals surface area contributed by atoms with Crippen LogP contribution in [0.4, 0.5) is 0 Å². The molecule has 0 aromatic heterocycles. The molecule has 0 spiro atoms. The number of carbonyl (C=O) groups excluding carboxylic acids is 2. The van der Waals surface area contributed by atoms with Gasteiger partial charge >= 0.3 is 0 Å². The van der Waals surface area contributed by atoms with Crippen molar-refractivity contribution in [3.8, 4) is 5.75 Å². The molecule has 0 bridgehead atoms. The third kappa shape index (κ3) is 6.89. The Kier molecular flexibility index (Phi) is 8.70. The molecule has 2 aromatic carbocycles. The Labute approximate surface area is 181 Å². The number of hydrogen-bond acceptors (Lipinski definition) is 3. The minimum atomic E-state index is -0.615. The van der Waals surface area contributed by atoms with Crippen LogP contribution in [0.25, 0.3) is 0 Å². The van der Waals surface area contributed by atoms with Crippen molar-refractivity contribution in [2.45, 2.75) is 52.7 Å². The number of hydrogen-bond donors (Lipinski definition) is 1. The van der Waals surface area contributed by atoms with E-state index in [0.717, 1.165) is 22.0 Å². The quantitative estimate of drug-likeness (QED) is 0.600. The predicted octanol–water partition coefficient (Wildman–Crippen LogP) is 4.47. The van der Waals surface area contributed by atoms with Crippen LogP contribution in [-0.2, 0) is 16.1 Å². The molecule has 0 aliphatic heterocycles. The maximum atomic E-state index is 13.0. The van der Waals surface area contributed by atoms with E-state index in [1.54, 1.807) is 11.8 Å². The smallest absolute Gasteiger partial charge is 0.261 e. The van der Waals surface area contributed by atoms with Crippen molar-refractivity contribution in [1.82, 2.24) is 10.2 Å². The van der Waals surface area contributed by atoms with Gasteiger partial charge < -0.3 is 15.0 Å². The predicted molar refractivity (Wildman–Crippen MR) is 119 cm³/mol. The highest BCUT2D eigenvalue weighted by Gasteiger charge is 2.27. The summed E-state index contributed by atoms with van der Waals surface area (Å²) in [5, 5.41) is 2.96. The van der Waals surface area contributed by atoms with Gasteiger partial charge in [-0.3, -0.25) is 9.59 Å². The third-order valence-electron chi connectivity index (χ3n) is 4.86. The molecule has 29 heavy (non-hydrogen) atoms. The zero-order valence-corrected chi connectivity index (χ0v) is 19.0. The summed E-state index contributed by atoms with van der Waals surface area (Å²) in [6.07, 6.45) is 0.828. The topological polar surface area (TPSA) is 58.6 Å². The van der Waals surface area contributed by atoms with Crippen molar-refractivity contribution in [2.75, 3.05) is 6.61 Å². The SMILES string of the molecule is CC[C@H](C)NC(=O)[C@H](C)N(Cc1cccc(Br)c1)C(=O)COc1ccccc1C. The Morgan fingerprint density at radius 1 is 1.14 bits per heavy atom. The highest BCUT2D eigenvalue weighted by Crippen LogP contribution is 2.18.